The van der Waals surface area contributed by atoms with E-state index in [-0.39, 0.29) is 5.97 Å². The molecule has 0 bridgehead atoms. The average molecular weight is 398 g/mol. The zero-order chi connectivity index (χ0) is 20.9. The molecule has 0 radical (unpaired) electrons. The highest BCUT2D eigenvalue weighted by Crippen LogP contribution is 2.41. The third-order valence-corrected chi connectivity index (χ3v) is 5.78. The maximum atomic E-state index is 12.0. The molecule has 0 saturated heterocycles. The van der Waals surface area contributed by atoms with Gasteiger partial charge in [-0.3, -0.25) is 0 Å². The molecule has 3 aromatic carbocycles. The van der Waals surface area contributed by atoms with E-state index in [9.17, 15) is 4.79 Å². The Morgan fingerprint density at radius 3 is 2.27 bits per heavy atom. The molecule has 0 heterocycles. The van der Waals surface area contributed by atoms with E-state index < -0.39 is 0 Å². The van der Waals surface area contributed by atoms with Gasteiger partial charge in [-0.15, -0.1) is 0 Å². The molecule has 3 aromatic rings. The number of aryl methyl sites for hydroxylation is 1. The monoisotopic (exact) mass is 397 g/mol. The van der Waals surface area contributed by atoms with Crippen LogP contribution in [0.4, 0.5) is 5.69 Å². The Hall–Kier alpha value is -3.20. The second-order valence-electron chi connectivity index (χ2n) is 7.76. The summed E-state index contributed by atoms with van der Waals surface area (Å²) in [6.45, 7) is 4.29. The van der Waals surface area contributed by atoms with E-state index in [1.54, 1.807) is 0 Å². The Balaban J connectivity index is 1.80. The predicted molar refractivity (Wildman–Crippen MR) is 122 cm³/mol. The lowest BCUT2D eigenvalue weighted by molar-refractivity contribution is 0.0526. The minimum atomic E-state index is -0.297. The number of para-hydroxylation sites is 1. The predicted octanol–water partition coefficient (Wildman–Crippen LogP) is 6.61. The summed E-state index contributed by atoms with van der Waals surface area (Å²) in [5, 5.41) is 0. The number of hydrogen-bond donors (Lipinski definition) is 0. The summed E-state index contributed by atoms with van der Waals surface area (Å²) in [4.78, 5) is 17.2. The molecule has 152 valence electrons. The summed E-state index contributed by atoms with van der Waals surface area (Å²) < 4.78 is 5.12. The summed E-state index contributed by atoms with van der Waals surface area (Å²) >= 11 is 0. The van der Waals surface area contributed by atoms with E-state index in [2.05, 4.69) is 43.3 Å². The summed E-state index contributed by atoms with van der Waals surface area (Å²) in [7, 11) is 0. The van der Waals surface area contributed by atoms with Crippen LogP contribution in [-0.2, 0) is 4.74 Å². The maximum absolute atomic E-state index is 12.0. The Kier molecular flexibility index (Phi) is 6.08. The number of nitrogens with zero attached hydrogens (tertiary/aromatic N) is 1. The van der Waals surface area contributed by atoms with Crippen molar-refractivity contribution in [1.29, 1.82) is 0 Å². The van der Waals surface area contributed by atoms with Crippen LogP contribution in [0.25, 0.3) is 0 Å². The minimum Gasteiger partial charge on any atom is -0.462 e. The number of aliphatic imine (C=N–C) groups is 1. The van der Waals surface area contributed by atoms with Crippen LogP contribution in [0.5, 0.6) is 0 Å². The zero-order valence-corrected chi connectivity index (χ0v) is 17.6. The van der Waals surface area contributed by atoms with Gasteiger partial charge in [0.05, 0.1) is 23.6 Å². The fourth-order valence-corrected chi connectivity index (χ4v) is 3.87. The SMILES string of the molecule is CCOC(=O)c1ccc(C(=Nc2ccccc2C2CCC2)c2ccccc2C)cc1. The molecule has 0 aliphatic heterocycles. The normalized spacial score (nSPS) is 14.3. The lowest BCUT2D eigenvalue weighted by Crippen LogP contribution is -2.10. The molecular formula is C27H27NO2. The van der Waals surface area contributed by atoms with Gasteiger partial charge in [0.1, 0.15) is 0 Å². The molecule has 0 atom stereocenters. The summed E-state index contributed by atoms with van der Waals surface area (Å²) in [6, 6.07) is 24.3. The van der Waals surface area contributed by atoms with Gasteiger partial charge in [-0.1, -0.05) is 61.0 Å². The number of rotatable bonds is 6. The first-order chi connectivity index (χ1) is 14.7. The van der Waals surface area contributed by atoms with E-state index in [0.29, 0.717) is 18.1 Å². The number of esters is 1. The fraction of sp³-hybridized carbons (Fsp3) is 0.259. The summed E-state index contributed by atoms with van der Waals surface area (Å²) in [5.74, 6) is 0.308. The molecule has 1 saturated carbocycles. The third-order valence-electron chi connectivity index (χ3n) is 5.78. The quantitative estimate of drug-likeness (QED) is 0.347. The molecule has 0 unspecified atom stereocenters. The van der Waals surface area contributed by atoms with Crippen LogP contribution in [0.1, 0.15) is 64.7 Å². The van der Waals surface area contributed by atoms with Crippen molar-refractivity contribution in [1.82, 2.24) is 0 Å². The highest BCUT2D eigenvalue weighted by Gasteiger charge is 2.22. The highest BCUT2D eigenvalue weighted by atomic mass is 16.5. The zero-order valence-electron chi connectivity index (χ0n) is 17.6. The number of carbonyl (C=O) groups excluding carboxylic acids is 1. The second-order valence-corrected chi connectivity index (χ2v) is 7.76. The van der Waals surface area contributed by atoms with Crippen LogP contribution in [0.3, 0.4) is 0 Å². The van der Waals surface area contributed by atoms with Crippen molar-refractivity contribution >= 4 is 17.4 Å². The summed E-state index contributed by atoms with van der Waals surface area (Å²) in [5.41, 5.74) is 7.11. The number of ether oxygens (including phenoxy) is 1. The highest BCUT2D eigenvalue weighted by molar-refractivity contribution is 6.15. The number of carbonyl (C=O) groups is 1. The molecule has 3 heteroatoms. The van der Waals surface area contributed by atoms with Gasteiger partial charge in [0.25, 0.3) is 0 Å². The molecule has 1 fully saturated rings. The molecule has 3 nitrogen and oxygen atoms in total. The molecule has 1 aliphatic carbocycles. The van der Waals surface area contributed by atoms with Gasteiger partial charge >= 0.3 is 5.97 Å². The van der Waals surface area contributed by atoms with Gasteiger partial charge in [-0.25, -0.2) is 9.79 Å². The average Bonchev–Trinajstić information content (AvgIpc) is 2.73. The maximum Gasteiger partial charge on any atom is 0.338 e. The first kappa shape index (κ1) is 20.1. The summed E-state index contributed by atoms with van der Waals surface area (Å²) in [6.07, 6.45) is 3.77. The molecule has 0 N–H and O–H groups in total. The van der Waals surface area contributed by atoms with Crippen molar-refractivity contribution in [2.24, 2.45) is 4.99 Å². The minimum absolute atomic E-state index is 0.297. The van der Waals surface area contributed by atoms with Crippen molar-refractivity contribution in [3.05, 3.63) is 101 Å². The second kappa shape index (κ2) is 9.08. The van der Waals surface area contributed by atoms with Crippen molar-refractivity contribution in [3.63, 3.8) is 0 Å². The number of benzene rings is 3. The first-order valence-electron chi connectivity index (χ1n) is 10.7. The first-order valence-corrected chi connectivity index (χ1v) is 10.7. The van der Waals surface area contributed by atoms with Crippen molar-refractivity contribution in [2.75, 3.05) is 6.61 Å². The standard InChI is InChI=1S/C27H27NO2/c1-3-30-27(29)22-17-15-21(16-18-22)26(23-12-5-4-9-19(23)2)28-25-14-7-6-13-24(25)20-10-8-11-20/h4-7,9,12-18,20H,3,8,10-11H2,1-2H3. The molecule has 30 heavy (non-hydrogen) atoms. The van der Waals surface area contributed by atoms with Crippen molar-refractivity contribution < 1.29 is 9.53 Å². The third kappa shape index (κ3) is 4.20. The molecule has 0 amide bonds. The Morgan fingerprint density at radius 2 is 1.60 bits per heavy atom. The molecular weight excluding hydrogens is 370 g/mol. The van der Waals surface area contributed by atoms with E-state index in [1.165, 1.54) is 30.4 Å². The van der Waals surface area contributed by atoms with Crippen LogP contribution in [0.15, 0.2) is 77.8 Å². The Bertz CT molecular complexity index is 1060. The van der Waals surface area contributed by atoms with E-state index in [0.717, 1.165) is 22.5 Å². The molecule has 0 aromatic heterocycles. The van der Waals surface area contributed by atoms with Gasteiger partial charge in [-0.05, 0) is 61.9 Å². The number of hydrogen-bond acceptors (Lipinski definition) is 3. The topological polar surface area (TPSA) is 38.7 Å². The molecule has 1 aliphatic rings. The van der Waals surface area contributed by atoms with Gasteiger partial charge in [0.15, 0.2) is 0 Å². The fourth-order valence-electron chi connectivity index (χ4n) is 3.87. The Morgan fingerprint density at radius 1 is 0.933 bits per heavy atom. The lowest BCUT2D eigenvalue weighted by Gasteiger charge is -2.27. The molecule has 0 spiro atoms. The van der Waals surface area contributed by atoms with Crippen molar-refractivity contribution in [2.45, 2.75) is 39.0 Å². The van der Waals surface area contributed by atoms with Crippen LogP contribution < -0.4 is 0 Å². The van der Waals surface area contributed by atoms with Crippen LogP contribution >= 0.6 is 0 Å². The van der Waals surface area contributed by atoms with E-state index >= 15 is 0 Å². The Labute approximate surface area is 178 Å². The smallest absolute Gasteiger partial charge is 0.338 e. The van der Waals surface area contributed by atoms with E-state index in [1.807, 2.05) is 43.3 Å². The molecule has 4 rings (SSSR count). The van der Waals surface area contributed by atoms with Crippen molar-refractivity contribution in [3.8, 4) is 0 Å². The van der Waals surface area contributed by atoms with E-state index in [4.69, 9.17) is 9.73 Å². The van der Waals surface area contributed by atoms with Gasteiger partial charge in [-0.2, -0.15) is 0 Å². The van der Waals surface area contributed by atoms with Gasteiger partial charge in [0.2, 0.25) is 0 Å². The van der Waals surface area contributed by atoms with Gasteiger partial charge in [0, 0.05) is 11.1 Å². The lowest BCUT2D eigenvalue weighted by atomic mass is 9.79. The van der Waals surface area contributed by atoms with Gasteiger partial charge < -0.3 is 4.74 Å². The largest absolute Gasteiger partial charge is 0.462 e. The van der Waals surface area contributed by atoms with Crippen LogP contribution in [0, 0.1) is 6.92 Å². The van der Waals surface area contributed by atoms with Crippen LogP contribution in [0.2, 0.25) is 0 Å². The van der Waals surface area contributed by atoms with Crippen LogP contribution in [-0.4, -0.2) is 18.3 Å².